The van der Waals surface area contributed by atoms with Gasteiger partial charge in [-0.05, 0) is 68.3 Å². The minimum absolute atomic E-state index is 0.580. The van der Waals surface area contributed by atoms with Crippen LogP contribution in [0.5, 0.6) is 0 Å². The van der Waals surface area contributed by atoms with Crippen molar-refractivity contribution in [1.82, 2.24) is 15.0 Å². The standard InChI is InChI=1S/C57H37N3O/c1-4-14-38(15-5-1)41-28-30-43(31-29-41)45-20-10-22-47(36-45)49-24-12-25-50-53-51(26-13-27-52(53)61-54(49)50)57-59-55(44-34-32-42(33-35-44)39-16-6-2-7-17-39)58-56(60-57)48-23-11-21-46(37-48)40-18-8-3-9-19-40/h1-37H. The summed E-state index contributed by atoms with van der Waals surface area (Å²) >= 11 is 0. The van der Waals surface area contributed by atoms with E-state index in [9.17, 15) is 0 Å². The van der Waals surface area contributed by atoms with Crippen molar-refractivity contribution in [3.8, 4) is 89.8 Å². The lowest BCUT2D eigenvalue weighted by molar-refractivity contribution is 0.670. The minimum Gasteiger partial charge on any atom is -0.455 e. The van der Waals surface area contributed by atoms with Crippen molar-refractivity contribution < 1.29 is 4.42 Å². The fourth-order valence-electron chi connectivity index (χ4n) is 8.28. The lowest BCUT2D eigenvalue weighted by atomic mass is 9.96. The minimum atomic E-state index is 0.580. The molecule has 286 valence electrons. The molecule has 9 aromatic carbocycles. The van der Waals surface area contributed by atoms with E-state index in [1.54, 1.807) is 0 Å². The third-order valence-corrected chi connectivity index (χ3v) is 11.4. The molecule has 2 aromatic heterocycles. The third kappa shape index (κ3) is 6.96. The number of hydrogen-bond donors (Lipinski definition) is 0. The molecule has 0 unspecified atom stereocenters. The molecule has 0 saturated carbocycles. The third-order valence-electron chi connectivity index (χ3n) is 11.4. The highest BCUT2D eigenvalue weighted by Crippen LogP contribution is 2.41. The van der Waals surface area contributed by atoms with Crippen LogP contribution in [0.2, 0.25) is 0 Å². The molecule has 0 atom stereocenters. The van der Waals surface area contributed by atoms with Gasteiger partial charge in [0.25, 0.3) is 0 Å². The number of hydrogen-bond acceptors (Lipinski definition) is 4. The second-order valence-corrected chi connectivity index (χ2v) is 15.2. The number of aromatic nitrogens is 3. The van der Waals surface area contributed by atoms with Crippen molar-refractivity contribution in [3.05, 3.63) is 224 Å². The van der Waals surface area contributed by atoms with Crippen molar-refractivity contribution in [2.45, 2.75) is 0 Å². The molecule has 4 heteroatoms. The average Bonchev–Trinajstić information content (AvgIpc) is 3.74. The van der Waals surface area contributed by atoms with E-state index < -0.39 is 0 Å². The lowest BCUT2D eigenvalue weighted by Gasteiger charge is -2.11. The summed E-state index contributed by atoms with van der Waals surface area (Å²) in [5.74, 6) is 1.78. The maximum atomic E-state index is 6.79. The van der Waals surface area contributed by atoms with E-state index in [2.05, 4.69) is 194 Å². The summed E-state index contributed by atoms with van der Waals surface area (Å²) in [4.78, 5) is 15.6. The Morgan fingerprint density at radius 3 is 1.26 bits per heavy atom. The predicted octanol–water partition coefficient (Wildman–Crippen LogP) is 15.1. The Hall–Kier alpha value is -8.21. The first-order chi connectivity index (χ1) is 30.2. The summed E-state index contributed by atoms with van der Waals surface area (Å²) in [7, 11) is 0. The molecule has 0 radical (unpaired) electrons. The second-order valence-electron chi connectivity index (χ2n) is 15.2. The first-order valence-electron chi connectivity index (χ1n) is 20.5. The molecule has 61 heavy (non-hydrogen) atoms. The molecule has 0 bridgehead atoms. The predicted molar refractivity (Wildman–Crippen MR) is 251 cm³/mol. The molecule has 0 amide bonds. The van der Waals surface area contributed by atoms with Gasteiger partial charge in [-0.15, -0.1) is 0 Å². The van der Waals surface area contributed by atoms with Gasteiger partial charge >= 0.3 is 0 Å². The molecule has 0 saturated heterocycles. The van der Waals surface area contributed by atoms with Crippen LogP contribution in [0.4, 0.5) is 0 Å². The average molecular weight is 780 g/mol. The fraction of sp³-hybridized carbons (Fsp3) is 0. The van der Waals surface area contributed by atoms with E-state index in [-0.39, 0.29) is 0 Å². The zero-order chi connectivity index (χ0) is 40.5. The smallest absolute Gasteiger partial charge is 0.164 e. The van der Waals surface area contributed by atoms with Gasteiger partial charge < -0.3 is 4.42 Å². The van der Waals surface area contributed by atoms with Gasteiger partial charge in [0.05, 0.1) is 0 Å². The number of fused-ring (bicyclic) bond motifs is 3. The fourth-order valence-corrected chi connectivity index (χ4v) is 8.28. The molecular weight excluding hydrogens is 743 g/mol. The molecular formula is C57H37N3O. The zero-order valence-corrected chi connectivity index (χ0v) is 33.1. The number of nitrogens with zero attached hydrogens (tertiary/aromatic N) is 3. The topological polar surface area (TPSA) is 51.8 Å². The first-order valence-corrected chi connectivity index (χ1v) is 20.5. The highest BCUT2D eigenvalue weighted by atomic mass is 16.3. The van der Waals surface area contributed by atoms with Crippen LogP contribution in [0.1, 0.15) is 0 Å². The Morgan fingerprint density at radius 2 is 0.656 bits per heavy atom. The van der Waals surface area contributed by atoms with Crippen LogP contribution in [-0.2, 0) is 0 Å². The summed E-state index contributed by atoms with van der Waals surface area (Å²) in [6.45, 7) is 0. The first kappa shape index (κ1) is 35.9. The van der Waals surface area contributed by atoms with Gasteiger partial charge in [0, 0.05) is 33.0 Å². The van der Waals surface area contributed by atoms with E-state index in [1.165, 1.54) is 11.1 Å². The molecule has 0 spiro atoms. The molecule has 0 aliphatic heterocycles. The monoisotopic (exact) mass is 779 g/mol. The highest BCUT2D eigenvalue weighted by Gasteiger charge is 2.20. The number of furan rings is 1. The molecule has 4 nitrogen and oxygen atoms in total. The van der Waals surface area contributed by atoms with Gasteiger partial charge in [-0.25, -0.2) is 15.0 Å². The van der Waals surface area contributed by atoms with Gasteiger partial charge in [0.15, 0.2) is 17.5 Å². The molecule has 0 fully saturated rings. The van der Waals surface area contributed by atoms with E-state index in [0.717, 1.165) is 83.1 Å². The summed E-state index contributed by atoms with van der Waals surface area (Å²) in [5, 5.41) is 1.97. The van der Waals surface area contributed by atoms with Crippen LogP contribution in [0, 0.1) is 0 Å². The second kappa shape index (κ2) is 15.5. The van der Waals surface area contributed by atoms with Gasteiger partial charge in [-0.1, -0.05) is 206 Å². The van der Waals surface area contributed by atoms with Gasteiger partial charge in [-0.2, -0.15) is 0 Å². The lowest BCUT2D eigenvalue weighted by Crippen LogP contribution is -2.00. The van der Waals surface area contributed by atoms with Crippen molar-refractivity contribution in [3.63, 3.8) is 0 Å². The van der Waals surface area contributed by atoms with Gasteiger partial charge in [-0.3, -0.25) is 0 Å². The van der Waals surface area contributed by atoms with Gasteiger partial charge in [0.2, 0.25) is 0 Å². The molecule has 0 aliphatic carbocycles. The number of benzene rings is 9. The van der Waals surface area contributed by atoms with E-state index >= 15 is 0 Å². The Bertz CT molecular complexity index is 3320. The van der Waals surface area contributed by atoms with Crippen LogP contribution in [0.15, 0.2) is 229 Å². The van der Waals surface area contributed by atoms with E-state index in [4.69, 9.17) is 19.4 Å². The SMILES string of the molecule is c1ccc(-c2ccc(-c3cccc(-c4cccc5c4oc4cccc(-c6nc(-c7ccc(-c8ccccc8)cc7)nc(-c7cccc(-c8ccccc8)c7)n6)c45)c3)cc2)cc1. The summed E-state index contributed by atoms with van der Waals surface area (Å²) in [6.07, 6.45) is 0. The Kier molecular flexibility index (Phi) is 9.14. The molecule has 0 aliphatic rings. The molecule has 2 heterocycles. The molecule has 0 N–H and O–H groups in total. The van der Waals surface area contributed by atoms with Crippen LogP contribution in [0.3, 0.4) is 0 Å². The largest absolute Gasteiger partial charge is 0.455 e. The highest BCUT2D eigenvalue weighted by molar-refractivity contribution is 6.15. The van der Waals surface area contributed by atoms with Gasteiger partial charge in [0.1, 0.15) is 11.2 Å². The van der Waals surface area contributed by atoms with Crippen molar-refractivity contribution >= 4 is 21.9 Å². The van der Waals surface area contributed by atoms with Crippen molar-refractivity contribution in [2.24, 2.45) is 0 Å². The van der Waals surface area contributed by atoms with Crippen LogP contribution in [0.25, 0.3) is 112 Å². The maximum absolute atomic E-state index is 6.79. The Balaban J connectivity index is 1.03. The van der Waals surface area contributed by atoms with Crippen LogP contribution < -0.4 is 0 Å². The summed E-state index contributed by atoms with van der Waals surface area (Å²) in [5.41, 5.74) is 15.6. The Labute approximate surface area is 354 Å². The molecule has 11 aromatic rings. The van der Waals surface area contributed by atoms with E-state index in [0.29, 0.717) is 17.5 Å². The van der Waals surface area contributed by atoms with Crippen molar-refractivity contribution in [2.75, 3.05) is 0 Å². The maximum Gasteiger partial charge on any atom is 0.164 e. The van der Waals surface area contributed by atoms with Crippen LogP contribution >= 0.6 is 0 Å². The normalized spacial score (nSPS) is 11.3. The number of rotatable bonds is 8. The summed E-state index contributed by atoms with van der Waals surface area (Å²) in [6, 6.07) is 78.1. The molecule has 11 rings (SSSR count). The van der Waals surface area contributed by atoms with Crippen molar-refractivity contribution in [1.29, 1.82) is 0 Å². The summed E-state index contributed by atoms with van der Waals surface area (Å²) < 4.78 is 6.79. The Morgan fingerprint density at radius 1 is 0.262 bits per heavy atom. The zero-order valence-electron chi connectivity index (χ0n) is 33.1. The quantitative estimate of drug-likeness (QED) is 0.154. The van der Waals surface area contributed by atoms with E-state index in [1.807, 2.05) is 30.3 Å². The van der Waals surface area contributed by atoms with Crippen LogP contribution in [-0.4, -0.2) is 15.0 Å². The number of para-hydroxylation sites is 1.